The van der Waals surface area contributed by atoms with E-state index in [1.54, 1.807) is 18.3 Å². The number of hydrogen-bond acceptors (Lipinski definition) is 7. The molecule has 0 saturated carbocycles. The Morgan fingerprint density at radius 1 is 0.971 bits per heavy atom. The maximum atomic E-state index is 13.2. The Morgan fingerprint density at radius 2 is 1.71 bits per heavy atom. The molecule has 0 atom stereocenters. The highest BCUT2D eigenvalue weighted by atomic mass is 32.2. The van der Waals surface area contributed by atoms with E-state index in [0.29, 0.717) is 17.2 Å². The second-order valence-corrected chi connectivity index (χ2v) is 12.1. The normalized spacial score (nSPS) is 12.0. The molecule has 7 nitrogen and oxygen atoms in total. The molecule has 0 unspecified atom stereocenters. The van der Waals surface area contributed by atoms with Crippen LogP contribution in [0.15, 0.2) is 71.6 Å². The average Bonchev–Trinajstić information content (AvgIpc) is 3.45. The first-order chi connectivity index (χ1) is 16.8. The summed E-state index contributed by atoms with van der Waals surface area (Å²) in [6, 6.07) is 19.4. The zero-order chi connectivity index (χ0) is 24.6. The van der Waals surface area contributed by atoms with Gasteiger partial charge in [-0.15, -0.1) is 11.3 Å². The summed E-state index contributed by atoms with van der Waals surface area (Å²) in [4.78, 5) is 22.1. The zero-order valence-electron chi connectivity index (χ0n) is 19.1. The molecule has 0 aliphatic heterocycles. The van der Waals surface area contributed by atoms with Crippen LogP contribution in [0.5, 0.6) is 0 Å². The van der Waals surface area contributed by atoms with Crippen molar-refractivity contribution in [3.8, 4) is 0 Å². The first-order valence-electron chi connectivity index (χ1n) is 11.0. The monoisotopic (exact) mass is 522 g/mol. The van der Waals surface area contributed by atoms with Crippen LogP contribution in [0.2, 0.25) is 0 Å². The lowest BCUT2D eigenvalue weighted by atomic mass is 10.2. The lowest BCUT2D eigenvalue weighted by Crippen LogP contribution is -2.30. The minimum absolute atomic E-state index is 0.146. The largest absolute Gasteiger partial charge is 0.298 e. The van der Waals surface area contributed by atoms with Gasteiger partial charge in [0.25, 0.3) is 5.91 Å². The number of aromatic nitrogens is 2. The molecule has 0 fully saturated rings. The average molecular weight is 523 g/mol. The van der Waals surface area contributed by atoms with Gasteiger partial charge in [-0.2, -0.15) is 4.31 Å². The van der Waals surface area contributed by atoms with Gasteiger partial charge >= 0.3 is 0 Å². The fraction of sp³-hybridized carbons (Fsp3) is 0.160. The number of benzene rings is 3. The number of sulfonamides is 1. The number of anilines is 1. The van der Waals surface area contributed by atoms with Crippen LogP contribution in [-0.2, 0) is 16.6 Å². The Kier molecular flexibility index (Phi) is 6.37. The van der Waals surface area contributed by atoms with E-state index in [0.717, 1.165) is 31.0 Å². The first-order valence-corrected chi connectivity index (χ1v) is 14.0. The van der Waals surface area contributed by atoms with Crippen LogP contribution in [0.1, 0.15) is 27.9 Å². The van der Waals surface area contributed by atoms with Crippen molar-refractivity contribution in [3.05, 3.63) is 82.9 Å². The fourth-order valence-corrected chi connectivity index (χ4v) is 7.08. The van der Waals surface area contributed by atoms with E-state index in [2.05, 4.69) is 15.3 Å². The first kappa shape index (κ1) is 23.6. The number of carbonyl (C=O) groups excluding carboxylic acids is 1. The number of hydrogen-bond donors (Lipinski definition) is 1. The van der Waals surface area contributed by atoms with Gasteiger partial charge in [0.2, 0.25) is 10.0 Å². The van der Waals surface area contributed by atoms with Gasteiger partial charge in [0.1, 0.15) is 5.52 Å². The molecule has 0 aliphatic rings. The second kappa shape index (κ2) is 9.46. The van der Waals surface area contributed by atoms with Gasteiger partial charge in [0.15, 0.2) is 5.13 Å². The van der Waals surface area contributed by atoms with E-state index >= 15 is 0 Å². The summed E-state index contributed by atoms with van der Waals surface area (Å²) in [7, 11) is -3.70. The van der Waals surface area contributed by atoms with Gasteiger partial charge in [-0.25, -0.2) is 18.4 Å². The van der Waals surface area contributed by atoms with Crippen LogP contribution in [0.25, 0.3) is 20.4 Å². The molecule has 1 N–H and O–H groups in total. The Hall–Kier alpha value is -3.18. The Labute approximate surface area is 211 Å². The standard InChI is InChI=1S/C25H22N4O3S3/c1-3-29(15-17-7-5-4-6-8-17)35(31,32)19-11-9-18(10-12-19)24(30)28-25-27-20-13-14-21-22(23(20)34-25)26-16(2)33-21/h4-14H,3,15H2,1-2H3,(H,27,28,30). The van der Waals surface area contributed by atoms with Gasteiger partial charge in [-0.05, 0) is 48.9 Å². The number of nitrogens with zero attached hydrogens (tertiary/aromatic N) is 3. The van der Waals surface area contributed by atoms with Crippen molar-refractivity contribution in [2.75, 3.05) is 11.9 Å². The van der Waals surface area contributed by atoms with Crippen molar-refractivity contribution in [3.63, 3.8) is 0 Å². The predicted molar refractivity (Wildman–Crippen MR) is 142 cm³/mol. The maximum absolute atomic E-state index is 13.2. The summed E-state index contributed by atoms with van der Waals surface area (Å²) in [5, 5.41) is 4.28. The molecular weight excluding hydrogens is 501 g/mol. The Morgan fingerprint density at radius 3 is 2.43 bits per heavy atom. The smallest absolute Gasteiger partial charge is 0.257 e. The molecule has 5 rings (SSSR count). The molecule has 0 aliphatic carbocycles. The summed E-state index contributed by atoms with van der Waals surface area (Å²) in [5.41, 5.74) is 2.94. The summed E-state index contributed by atoms with van der Waals surface area (Å²) < 4.78 is 29.8. The number of rotatable bonds is 7. The summed E-state index contributed by atoms with van der Waals surface area (Å²) in [5.74, 6) is -0.352. The number of aryl methyl sites for hydroxylation is 1. The SMILES string of the molecule is CCN(Cc1ccccc1)S(=O)(=O)c1ccc(C(=O)Nc2nc3ccc4sc(C)nc4c3s2)cc1. The van der Waals surface area contributed by atoms with Crippen LogP contribution in [0.3, 0.4) is 0 Å². The summed E-state index contributed by atoms with van der Waals surface area (Å²) >= 11 is 3.00. The van der Waals surface area contributed by atoms with E-state index in [1.165, 1.54) is 39.9 Å². The van der Waals surface area contributed by atoms with Gasteiger partial charge in [0.05, 0.1) is 24.8 Å². The van der Waals surface area contributed by atoms with Crippen molar-refractivity contribution in [2.45, 2.75) is 25.3 Å². The van der Waals surface area contributed by atoms with E-state index in [9.17, 15) is 13.2 Å². The predicted octanol–water partition coefficient (Wildman–Crippen LogP) is 5.68. The molecule has 0 spiro atoms. The lowest BCUT2D eigenvalue weighted by molar-refractivity contribution is 0.102. The third-order valence-corrected chi connectivity index (χ3v) is 9.41. The second-order valence-electron chi connectivity index (χ2n) is 7.91. The molecule has 0 bridgehead atoms. The zero-order valence-corrected chi connectivity index (χ0v) is 21.5. The lowest BCUT2D eigenvalue weighted by Gasteiger charge is -2.20. The summed E-state index contributed by atoms with van der Waals surface area (Å²) in [6.07, 6.45) is 0. The van der Waals surface area contributed by atoms with Crippen molar-refractivity contribution >= 4 is 64.2 Å². The van der Waals surface area contributed by atoms with E-state index in [4.69, 9.17) is 0 Å². The molecule has 178 valence electrons. The summed E-state index contributed by atoms with van der Waals surface area (Å²) in [6.45, 7) is 4.39. The van der Waals surface area contributed by atoms with Gasteiger partial charge in [-0.3, -0.25) is 10.1 Å². The fourth-order valence-electron chi connectivity index (χ4n) is 3.79. The number of fused-ring (bicyclic) bond motifs is 3. The van der Waals surface area contributed by atoms with E-state index in [-0.39, 0.29) is 17.3 Å². The Bertz CT molecular complexity index is 1630. The van der Waals surface area contributed by atoms with E-state index < -0.39 is 10.0 Å². The quantitative estimate of drug-likeness (QED) is 0.297. The van der Waals surface area contributed by atoms with Crippen molar-refractivity contribution < 1.29 is 13.2 Å². The maximum Gasteiger partial charge on any atom is 0.257 e. The van der Waals surface area contributed by atoms with Crippen LogP contribution < -0.4 is 5.32 Å². The van der Waals surface area contributed by atoms with Crippen LogP contribution in [0, 0.1) is 6.92 Å². The number of nitrogens with one attached hydrogen (secondary N) is 1. The molecule has 5 aromatic rings. The molecule has 2 aromatic heterocycles. The van der Waals surface area contributed by atoms with E-state index in [1.807, 2.05) is 49.4 Å². The van der Waals surface area contributed by atoms with Gasteiger partial charge < -0.3 is 0 Å². The molecule has 3 aromatic carbocycles. The number of carbonyl (C=O) groups is 1. The third kappa shape index (κ3) is 4.70. The van der Waals surface area contributed by atoms with Crippen LogP contribution in [0.4, 0.5) is 5.13 Å². The molecule has 10 heteroatoms. The molecule has 0 saturated heterocycles. The topological polar surface area (TPSA) is 92.3 Å². The van der Waals surface area contributed by atoms with Crippen molar-refractivity contribution in [2.24, 2.45) is 0 Å². The van der Waals surface area contributed by atoms with Gasteiger partial charge in [0, 0.05) is 18.7 Å². The van der Waals surface area contributed by atoms with Crippen LogP contribution >= 0.6 is 22.7 Å². The third-order valence-electron chi connectivity index (χ3n) is 5.55. The molecule has 0 radical (unpaired) electrons. The minimum atomic E-state index is -3.70. The van der Waals surface area contributed by atoms with Gasteiger partial charge in [-0.1, -0.05) is 48.6 Å². The highest BCUT2D eigenvalue weighted by molar-refractivity contribution is 7.89. The molecule has 1 amide bonds. The molecule has 35 heavy (non-hydrogen) atoms. The number of thiazole rings is 2. The highest BCUT2D eigenvalue weighted by Gasteiger charge is 2.23. The highest BCUT2D eigenvalue weighted by Crippen LogP contribution is 2.34. The minimum Gasteiger partial charge on any atom is -0.298 e. The molecule has 2 heterocycles. The number of amides is 1. The Balaban J connectivity index is 1.34. The van der Waals surface area contributed by atoms with Crippen LogP contribution in [-0.4, -0.2) is 35.1 Å². The van der Waals surface area contributed by atoms with Crippen molar-refractivity contribution in [1.82, 2.24) is 14.3 Å². The molecular formula is C25H22N4O3S3. The van der Waals surface area contributed by atoms with Crippen molar-refractivity contribution in [1.29, 1.82) is 0 Å².